The van der Waals surface area contributed by atoms with E-state index in [1.165, 1.54) is 6.08 Å². The third kappa shape index (κ3) is 4.97. The maximum Gasteiger partial charge on any atom is 0.248 e. The van der Waals surface area contributed by atoms with Gasteiger partial charge in [-0.05, 0) is 60.2 Å². The number of carbonyl (C=O) groups excluding carboxylic acids is 1. The second-order valence-electron chi connectivity index (χ2n) is 5.48. The maximum atomic E-state index is 12.0. The molecule has 25 heavy (non-hydrogen) atoms. The molecule has 3 aromatic rings. The second kappa shape index (κ2) is 7.84. The summed E-state index contributed by atoms with van der Waals surface area (Å²) in [6.45, 7) is 0. The van der Waals surface area contributed by atoms with Crippen molar-refractivity contribution in [2.75, 3.05) is 10.6 Å². The lowest BCUT2D eigenvalue weighted by molar-refractivity contribution is -0.111. The molecule has 3 aromatic carbocycles. The van der Waals surface area contributed by atoms with Crippen LogP contribution in [0, 0.1) is 0 Å². The fourth-order valence-corrected chi connectivity index (χ4v) is 2.27. The zero-order valence-electron chi connectivity index (χ0n) is 13.5. The molecule has 0 unspecified atom stereocenters. The minimum atomic E-state index is -0.211. The SMILES string of the molecule is O=C(/C=C\c1ccc(O)cc1)Nc1ccc(Nc2ccccc2)cc1. The minimum Gasteiger partial charge on any atom is -0.508 e. The number of hydrogen-bond donors (Lipinski definition) is 3. The number of benzene rings is 3. The van der Waals surface area contributed by atoms with Crippen LogP contribution in [0.25, 0.3) is 6.08 Å². The summed E-state index contributed by atoms with van der Waals surface area (Å²) in [7, 11) is 0. The van der Waals surface area contributed by atoms with E-state index in [4.69, 9.17) is 0 Å². The van der Waals surface area contributed by atoms with E-state index >= 15 is 0 Å². The number of amides is 1. The van der Waals surface area contributed by atoms with E-state index in [9.17, 15) is 9.90 Å². The quantitative estimate of drug-likeness (QED) is 0.590. The predicted octanol–water partition coefficient (Wildman–Crippen LogP) is 4.79. The van der Waals surface area contributed by atoms with Gasteiger partial charge in [-0.1, -0.05) is 30.3 Å². The highest BCUT2D eigenvalue weighted by atomic mass is 16.3. The third-order valence-corrected chi connectivity index (χ3v) is 3.54. The Balaban J connectivity index is 1.57. The summed E-state index contributed by atoms with van der Waals surface area (Å²) in [5.41, 5.74) is 3.52. The van der Waals surface area contributed by atoms with Crippen LogP contribution in [-0.2, 0) is 4.79 Å². The molecular weight excluding hydrogens is 312 g/mol. The number of nitrogens with one attached hydrogen (secondary N) is 2. The molecule has 0 radical (unpaired) electrons. The molecule has 0 aromatic heterocycles. The van der Waals surface area contributed by atoms with Gasteiger partial charge in [0.1, 0.15) is 5.75 Å². The zero-order valence-corrected chi connectivity index (χ0v) is 13.5. The van der Waals surface area contributed by atoms with Gasteiger partial charge in [-0.3, -0.25) is 4.79 Å². The van der Waals surface area contributed by atoms with Gasteiger partial charge in [0.05, 0.1) is 0 Å². The van der Waals surface area contributed by atoms with Gasteiger partial charge >= 0.3 is 0 Å². The van der Waals surface area contributed by atoms with Gasteiger partial charge in [0.15, 0.2) is 0 Å². The van der Waals surface area contributed by atoms with Crippen molar-refractivity contribution in [3.63, 3.8) is 0 Å². The highest BCUT2D eigenvalue weighted by Gasteiger charge is 1.99. The van der Waals surface area contributed by atoms with Crippen LogP contribution < -0.4 is 10.6 Å². The van der Waals surface area contributed by atoms with Crippen LogP contribution in [0.3, 0.4) is 0 Å². The second-order valence-corrected chi connectivity index (χ2v) is 5.48. The van der Waals surface area contributed by atoms with Crippen LogP contribution in [0.1, 0.15) is 5.56 Å². The van der Waals surface area contributed by atoms with Crippen LogP contribution in [-0.4, -0.2) is 11.0 Å². The molecule has 0 saturated carbocycles. The normalized spacial score (nSPS) is 10.6. The van der Waals surface area contributed by atoms with Gasteiger partial charge in [-0.25, -0.2) is 0 Å². The smallest absolute Gasteiger partial charge is 0.248 e. The number of anilines is 3. The Kier molecular flexibility index (Phi) is 5.12. The average Bonchev–Trinajstić information content (AvgIpc) is 2.64. The fourth-order valence-electron chi connectivity index (χ4n) is 2.27. The van der Waals surface area contributed by atoms with Crippen molar-refractivity contribution in [2.24, 2.45) is 0 Å². The van der Waals surface area contributed by atoms with Crippen LogP contribution in [0.2, 0.25) is 0 Å². The molecule has 3 N–H and O–H groups in total. The summed E-state index contributed by atoms with van der Waals surface area (Å²) >= 11 is 0. The molecular formula is C21H18N2O2. The molecule has 0 aliphatic carbocycles. The summed E-state index contributed by atoms with van der Waals surface area (Å²) < 4.78 is 0. The lowest BCUT2D eigenvalue weighted by atomic mass is 10.2. The van der Waals surface area contributed by atoms with E-state index in [0.717, 1.165) is 22.6 Å². The first-order valence-electron chi connectivity index (χ1n) is 7.89. The number of carbonyl (C=O) groups is 1. The molecule has 0 heterocycles. The van der Waals surface area contributed by atoms with Crippen LogP contribution >= 0.6 is 0 Å². The molecule has 4 heteroatoms. The van der Waals surface area contributed by atoms with E-state index in [2.05, 4.69) is 10.6 Å². The number of hydrogen-bond acceptors (Lipinski definition) is 3. The van der Waals surface area contributed by atoms with Crippen molar-refractivity contribution in [3.05, 3.63) is 90.5 Å². The summed E-state index contributed by atoms with van der Waals surface area (Å²) in [6, 6.07) is 24.0. The van der Waals surface area contributed by atoms with E-state index in [1.807, 2.05) is 54.6 Å². The molecule has 0 aliphatic rings. The Bertz CT molecular complexity index is 855. The first kappa shape index (κ1) is 16.3. The van der Waals surface area contributed by atoms with Crippen LogP contribution in [0.15, 0.2) is 84.9 Å². The first-order valence-corrected chi connectivity index (χ1v) is 7.89. The Labute approximate surface area is 146 Å². The highest BCUT2D eigenvalue weighted by Crippen LogP contribution is 2.18. The van der Waals surface area contributed by atoms with E-state index in [1.54, 1.807) is 30.3 Å². The zero-order chi connectivity index (χ0) is 17.5. The molecule has 0 aliphatic heterocycles. The van der Waals surface area contributed by atoms with Crippen LogP contribution in [0.4, 0.5) is 17.1 Å². The largest absolute Gasteiger partial charge is 0.508 e. The van der Waals surface area contributed by atoms with Gasteiger partial charge in [-0.2, -0.15) is 0 Å². The predicted molar refractivity (Wildman–Crippen MR) is 102 cm³/mol. The molecule has 1 amide bonds. The van der Waals surface area contributed by atoms with Gasteiger partial charge in [-0.15, -0.1) is 0 Å². The van der Waals surface area contributed by atoms with Crippen molar-refractivity contribution in [1.82, 2.24) is 0 Å². The van der Waals surface area contributed by atoms with Crippen molar-refractivity contribution >= 4 is 29.0 Å². The Morgan fingerprint density at radius 1 is 0.760 bits per heavy atom. The fraction of sp³-hybridized carbons (Fsp3) is 0. The number of para-hydroxylation sites is 1. The molecule has 4 nitrogen and oxygen atoms in total. The molecule has 0 fully saturated rings. The summed E-state index contributed by atoms with van der Waals surface area (Å²) in [5, 5.41) is 15.3. The summed E-state index contributed by atoms with van der Waals surface area (Å²) in [4.78, 5) is 12.0. The Morgan fingerprint density at radius 3 is 2.04 bits per heavy atom. The van der Waals surface area contributed by atoms with E-state index < -0.39 is 0 Å². The molecule has 3 rings (SSSR count). The molecule has 0 bridgehead atoms. The lowest BCUT2D eigenvalue weighted by Gasteiger charge is -2.07. The van der Waals surface area contributed by atoms with E-state index in [0.29, 0.717) is 0 Å². The van der Waals surface area contributed by atoms with E-state index in [-0.39, 0.29) is 11.7 Å². The van der Waals surface area contributed by atoms with Crippen molar-refractivity contribution in [1.29, 1.82) is 0 Å². The maximum absolute atomic E-state index is 12.0. The third-order valence-electron chi connectivity index (χ3n) is 3.54. The van der Waals surface area contributed by atoms with Crippen molar-refractivity contribution in [2.45, 2.75) is 0 Å². The Hall–Kier alpha value is -3.53. The summed E-state index contributed by atoms with van der Waals surface area (Å²) in [5.74, 6) is -0.0114. The lowest BCUT2D eigenvalue weighted by Crippen LogP contribution is -2.07. The average molecular weight is 330 g/mol. The van der Waals surface area contributed by atoms with Crippen LogP contribution in [0.5, 0.6) is 5.75 Å². The van der Waals surface area contributed by atoms with Crippen molar-refractivity contribution < 1.29 is 9.90 Å². The molecule has 0 spiro atoms. The van der Waals surface area contributed by atoms with Crippen molar-refractivity contribution in [3.8, 4) is 5.75 Å². The number of phenolic OH excluding ortho intramolecular Hbond substituents is 1. The first-order chi connectivity index (χ1) is 12.2. The topological polar surface area (TPSA) is 61.4 Å². The molecule has 124 valence electrons. The summed E-state index contributed by atoms with van der Waals surface area (Å²) in [6.07, 6.45) is 3.16. The van der Waals surface area contributed by atoms with Gasteiger partial charge in [0.2, 0.25) is 5.91 Å². The minimum absolute atomic E-state index is 0.200. The van der Waals surface area contributed by atoms with Gasteiger partial charge in [0, 0.05) is 23.1 Å². The Morgan fingerprint density at radius 2 is 1.36 bits per heavy atom. The monoisotopic (exact) mass is 330 g/mol. The number of rotatable bonds is 5. The van der Waals surface area contributed by atoms with Gasteiger partial charge in [0.25, 0.3) is 0 Å². The van der Waals surface area contributed by atoms with Gasteiger partial charge < -0.3 is 15.7 Å². The number of aromatic hydroxyl groups is 1. The standard InChI is InChI=1S/C21H18N2O2/c24-20-13-6-16(7-14-20)8-15-21(25)23-19-11-9-18(10-12-19)22-17-4-2-1-3-5-17/h1-15,22,24H,(H,23,25)/b15-8-. The molecule has 0 saturated heterocycles. The molecule has 0 atom stereocenters. The number of phenols is 1. The highest BCUT2D eigenvalue weighted by molar-refractivity contribution is 6.02.